The molecule has 4 nitrogen and oxygen atoms in total. The van der Waals surface area contributed by atoms with E-state index in [9.17, 15) is 0 Å². The third-order valence-electron chi connectivity index (χ3n) is 5.37. The molecule has 1 rings (SSSR count). The van der Waals surface area contributed by atoms with E-state index >= 15 is 0 Å². The Kier molecular flexibility index (Phi) is 8.17. The largest absolute Gasteiger partial charge is 0.383 e. The lowest BCUT2D eigenvalue weighted by atomic mass is 9.71. The molecule has 1 saturated carbocycles. The SMILES string of the molecule is COCCN(C(C)COC)C1(CN)CCC(C(C)C)CC1. The van der Waals surface area contributed by atoms with Crippen molar-refractivity contribution in [2.75, 3.05) is 40.5 Å². The zero-order valence-corrected chi connectivity index (χ0v) is 14.7. The highest BCUT2D eigenvalue weighted by Crippen LogP contribution is 2.39. The van der Waals surface area contributed by atoms with Gasteiger partial charge in [-0.1, -0.05) is 13.8 Å². The standard InChI is InChI=1S/C17H36N2O2/c1-14(2)16-6-8-17(13-18,9-7-16)19(10-11-20-4)15(3)12-21-5/h14-16H,6-13,18H2,1-5H3. The van der Waals surface area contributed by atoms with Crippen LogP contribution in [-0.2, 0) is 9.47 Å². The lowest BCUT2D eigenvalue weighted by Crippen LogP contribution is -2.60. The molecule has 1 unspecified atom stereocenters. The number of rotatable bonds is 9. The van der Waals surface area contributed by atoms with Crippen molar-refractivity contribution in [3.63, 3.8) is 0 Å². The van der Waals surface area contributed by atoms with Crippen LogP contribution in [0, 0.1) is 11.8 Å². The Morgan fingerprint density at radius 2 is 1.76 bits per heavy atom. The minimum Gasteiger partial charge on any atom is -0.383 e. The molecule has 0 bridgehead atoms. The summed E-state index contributed by atoms with van der Waals surface area (Å²) in [6.45, 7) is 10.1. The monoisotopic (exact) mass is 300 g/mol. The molecule has 0 radical (unpaired) electrons. The lowest BCUT2D eigenvalue weighted by Gasteiger charge is -2.50. The van der Waals surface area contributed by atoms with E-state index in [0.717, 1.165) is 38.1 Å². The number of hydrogen-bond acceptors (Lipinski definition) is 4. The van der Waals surface area contributed by atoms with Gasteiger partial charge < -0.3 is 15.2 Å². The first kappa shape index (κ1) is 18.9. The number of methoxy groups -OCH3 is 2. The van der Waals surface area contributed by atoms with Crippen LogP contribution in [0.1, 0.15) is 46.5 Å². The molecule has 0 aromatic rings. The number of ether oxygens (including phenoxy) is 2. The normalized spacial score (nSPS) is 28.3. The van der Waals surface area contributed by atoms with Crippen LogP contribution in [0.3, 0.4) is 0 Å². The van der Waals surface area contributed by atoms with Crippen molar-refractivity contribution in [1.29, 1.82) is 0 Å². The van der Waals surface area contributed by atoms with E-state index in [0.29, 0.717) is 6.04 Å². The third kappa shape index (κ3) is 4.92. The second-order valence-electron chi connectivity index (χ2n) is 7.00. The summed E-state index contributed by atoms with van der Waals surface area (Å²) in [6.07, 6.45) is 4.98. The molecule has 0 aromatic heterocycles. The van der Waals surface area contributed by atoms with Crippen molar-refractivity contribution in [1.82, 2.24) is 4.90 Å². The van der Waals surface area contributed by atoms with Crippen LogP contribution >= 0.6 is 0 Å². The Morgan fingerprint density at radius 3 is 2.19 bits per heavy atom. The van der Waals surface area contributed by atoms with Crippen molar-refractivity contribution >= 4 is 0 Å². The molecule has 2 N–H and O–H groups in total. The summed E-state index contributed by atoms with van der Waals surface area (Å²) in [6, 6.07) is 0.379. The van der Waals surface area contributed by atoms with Gasteiger partial charge in [0.2, 0.25) is 0 Å². The minimum absolute atomic E-state index is 0.127. The summed E-state index contributed by atoms with van der Waals surface area (Å²) < 4.78 is 10.7. The van der Waals surface area contributed by atoms with Gasteiger partial charge in [0, 0.05) is 38.9 Å². The Labute approximate surface area is 131 Å². The second kappa shape index (κ2) is 9.09. The fourth-order valence-corrected chi connectivity index (χ4v) is 3.90. The zero-order chi connectivity index (χ0) is 15.9. The number of hydrogen-bond donors (Lipinski definition) is 1. The highest BCUT2D eigenvalue weighted by Gasteiger charge is 2.41. The molecule has 1 atom stereocenters. The maximum Gasteiger partial charge on any atom is 0.0615 e. The molecule has 0 saturated heterocycles. The van der Waals surface area contributed by atoms with E-state index in [1.54, 1.807) is 14.2 Å². The summed E-state index contributed by atoms with van der Waals surface area (Å²) in [5, 5.41) is 0. The van der Waals surface area contributed by atoms with Gasteiger partial charge in [0.05, 0.1) is 13.2 Å². The fraction of sp³-hybridized carbons (Fsp3) is 1.00. The Morgan fingerprint density at radius 1 is 1.14 bits per heavy atom. The average molecular weight is 300 g/mol. The van der Waals surface area contributed by atoms with E-state index < -0.39 is 0 Å². The smallest absolute Gasteiger partial charge is 0.0615 e. The Hall–Kier alpha value is -0.160. The maximum absolute atomic E-state index is 6.24. The van der Waals surface area contributed by atoms with Gasteiger partial charge in [0.15, 0.2) is 0 Å². The molecular weight excluding hydrogens is 264 g/mol. The lowest BCUT2D eigenvalue weighted by molar-refractivity contribution is -0.0289. The van der Waals surface area contributed by atoms with Gasteiger partial charge >= 0.3 is 0 Å². The number of nitrogens with zero attached hydrogens (tertiary/aromatic N) is 1. The van der Waals surface area contributed by atoms with Gasteiger partial charge in [-0.15, -0.1) is 0 Å². The predicted molar refractivity (Wildman–Crippen MR) is 88.5 cm³/mol. The van der Waals surface area contributed by atoms with E-state index in [1.807, 2.05) is 0 Å². The maximum atomic E-state index is 6.24. The summed E-state index contributed by atoms with van der Waals surface area (Å²) in [5.74, 6) is 1.64. The highest BCUT2D eigenvalue weighted by molar-refractivity contribution is 4.98. The van der Waals surface area contributed by atoms with E-state index in [2.05, 4.69) is 25.7 Å². The average Bonchev–Trinajstić information content (AvgIpc) is 2.48. The topological polar surface area (TPSA) is 47.7 Å². The van der Waals surface area contributed by atoms with Gasteiger partial charge in [-0.3, -0.25) is 4.90 Å². The summed E-state index contributed by atoms with van der Waals surface area (Å²) in [7, 11) is 3.54. The van der Waals surface area contributed by atoms with E-state index in [4.69, 9.17) is 15.2 Å². The van der Waals surface area contributed by atoms with E-state index in [1.165, 1.54) is 25.7 Å². The minimum atomic E-state index is 0.127. The molecule has 4 heteroatoms. The Bertz CT molecular complexity index is 276. The zero-order valence-electron chi connectivity index (χ0n) is 14.7. The second-order valence-corrected chi connectivity index (χ2v) is 7.00. The van der Waals surface area contributed by atoms with Crippen molar-refractivity contribution < 1.29 is 9.47 Å². The van der Waals surface area contributed by atoms with Crippen LogP contribution in [0.5, 0.6) is 0 Å². The fourth-order valence-electron chi connectivity index (χ4n) is 3.90. The molecular formula is C17H36N2O2. The van der Waals surface area contributed by atoms with Gasteiger partial charge in [0.1, 0.15) is 0 Å². The number of nitrogens with two attached hydrogens (primary N) is 1. The summed E-state index contributed by atoms with van der Waals surface area (Å²) >= 11 is 0. The predicted octanol–water partition coefficient (Wildman–Crippen LogP) is 2.51. The molecule has 1 fully saturated rings. The molecule has 0 spiro atoms. The van der Waals surface area contributed by atoms with Crippen molar-refractivity contribution in [3.8, 4) is 0 Å². The first-order chi connectivity index (χ1) is 10.0. The summed E-state index contributed by atoms with van der Waals surface area (Å²) in [5.41, 5.74) is 6.37. The third-order valence-corrected chi connectivity index (χ3v) is 5.37. The van der Waals surface area contributed by atoms with Crippen LogP contribution in [0.15, 0.2) is 0 Å². The van der Waals surface area contributed by atoms with Gasteiger partial charge in [-0.25, -0.2) is 0 Å². The van der Waals surface area contributed by atoms with Gasteiger partial charge in [-0.05, 0) is 44.4 Å². The molecule has 0 heterocycles. The molecule has 21 heavy (non-hydrogen) atoms. The summed E-state index contributed by atoms with van der Waals surface area (Å²) in [4.78, 5) is 2.55. The quantitative estimate of drug-likeness (QED) is 0.711. The van der Waals surface area contributed by atoms with Crippen molar-refractivity contribution in [2.24, 2.45) is 17.6 Å². The van der Waals surface area contributed by atoms with Crippen LogP contribution < -0.4 is 5.73 Å². The molecule has 126 valence electrons. The molecule has 0 amide bonds. The highest BCUT2D eigenvalue weighted by atomic mass is 16.5. The van der Waals surface area contributed by atoms with Crippen LogP contribution in [0.2, 0.25) is 0 Å². The van der Waals surface area contributed by atoms with Crippen LogP contribution in [0.4, 0.5) is 0 Å². The van der Waals surface area contributed by atoms with Gasteiger partial charge in [0.25, 0.3) is 0 Å². The first-order valence-electron chi connectivity index (χ1n) is 8.45. The molecule has 0 aromatic carbocycles. The molecule has 1 aliphatic rings. The van der Waals surface area contributed by atoms with Gasteiger partial charge in [-0.2, -0.15) is 0 Å². The van der Waals surface area contributed by atoms with Crippen molar-refractivity contribution in [3.05, 3.63) is 0 Å². The van der Waals surface area contributed by atoms with E-state index in [-0.39, 0.29) is 5.54 Å². The van der Waals surface area contributed by atoms with Crippen LogP contribution in [0.25, 0.3) is 0 Å². The molecule has 0 aliphatic heterocycles. The van der Waals surface area contributed by atoms with Crippen molar-refractivity contribution in [2.45, 2.75) is 58.0 Å². The molecule has 1 aliphatic carbocycles. The first-order valence-corrected chi connectivity index (χ1v) is 8.45. The Balaban J connectivity index is 2.80. The van der Waals surface area contributed by atoms with Crippen LogP contribution in [-0.4, -0.2) is 57.0 Å².